The summed E-state index contributed by atoms with van der Waals surface area (Å²) in [5, 5.41) is 0. The van der Waals surface area contributed by atoms with Gasteiger partial charge in [0.2, 0.25) is 0 Å². The van der Waals surface area contributed by atoms with Crippen LogP contribution < -0.4 is 11.3 Å². The molecule has 3 nitrogen and oxygen atoms in total. The van der Waals surface area contributed by atoms with Crippen LogP contribution in [0.15, 0.2) is 0 Å². The van der Waals surface area contributed by atoms with Crippen molar-refractivity contribution in [1.82, 2.24) is 5.43 Å². The first-order chi connectivity index (χ1) is 8.31. The maximum Gasteiger partial charge on any atom is 0.0481 e. The van der Waals surface area contributed by atoms with E-state index >= 15 is 0 Å². The first kappa shape index (κ1) is 14.9. The zero-order valence-electron chi connectivity index (χ0n) is 11.6. The van der Waals surface area contributed by atoms with Gasteiger partial charge in [0.1, 0.15) is 0 Å². The van der Waals surface area contributed by atoms with Gasteiger partial charge in [-0.25, -0.2) is 0 Å². The zero-order chi connectivity index (χ0) is 12.5. The van der Waals surface area contributed by atoms with Crippen molar-refractivity contribution >= 4 is 0 Å². The van der Waals surface area contributed by atoms with Gasteiger partial charge in [-0.3, -0.25) is 11.3 Å². The molecule has 0 amide bonds. The van der Waals surface area contributed by atoms with E-state index in [1.54, 1.807) is 0 Å². The van der Waals surface area contributed by atoms with Gasteiger partial charge < -0.3 is 4.74 Å². The molecule has 1 rings (SSSR count). The van der Waals surface area contributed by atoms with E-state index in [1.165, 1.54) is 32.1 Å². The Bertz CT molecular complexity index is 187. The fourth-order valence-corrected chi connectivity index (χ4v) is 2.98. The van der Waals surface area contributed by atoms with Gasteiger partial charge in [-0.1, -0.05) is 33.1 Å². The van der Waals surface area contributed by atoms with Crippen molar-refractivity contribution in [2.24, 2.45) is 17.7 Å². The van der Waals surface area contributed by atoms with E-state index in [-0.39, 0.29) is 0 Å². The average molecular weight is 242 g/mol. The molecule has 1 fully saturated rings. The Morgan fingerprint density at radius 2 is 2.12 bits per heavy atom. The second kappa shape index (κ2) is 8.90. The summed E-state index contributed by atoms with van der Waals surface area (Å²) >= 11 is 0. The van der Waals surface area contributed by atoms with Gasteiger partial charge in [0.25, 0.3) is 0 Å². The standard InChI is InChI=1S/C14H30N2O/c1-3-9-17-10-8-14(16-15)13-7-5-6-12(4-2)11-13/h12-14,16H,3-11,15H2,1-2H3. The number of nitrogens with one attached hydrogen (secondary N) is 1. The van der Waals surface area contributed by atoms with Crippen LogP contribution in [0.5, 0.6) is 0 Å². The quantitative estimate of drug-likeness (QED) is 0.391. The van der Waals surface area contributed by atoms with E-state index in [2.05, 4.69) is 19.3 Å². The molecule has 102 valence electrons. The molecular formula is C14H30N2O. The van der Waals surface area contributed by atoms with Crippen molar-refractivity contribution in [3.05, 3.63) is 0 Å². The Morgan fingerprint density at radius 1 is 1.29 bits per heavy atom. The van der Waals surface area contributed by atoms with E-state index in [9.17, 15) is 0 Å². The Hall–Kier alpha value is -0.120. The minimum Gasteiger partial charge on any atom is -0.381 e. The van der Waals surface area contributed by atoms with Crippen molar-refractivity contribution < 1.29 is 4.74 Å². The van der Waals surface area contributed by atoms with Gasteiger partial charge in [0, 0.05) is 19.3 Å². The average Bonchev–Trinajstić information content (AvgIpc) is 2.39. The predicted molar refractivity (Wildman–Crippen MR) is 72.6 cm³/mol. The highest BCUT2D eigenvalue weighted by molar-refractivity contribution is 4.81. The molecule has 0 aromatic rings. The third-order valence-electron chi connectivity index (χ3n) is 4.11. The van der Waals surface area contributed by atoms with E-state index in [0.29, 0.717) is 6.04 Å². The van der Waals surface area contributed by atoms with Crippen molar-refractivity contribution in [2.45, 2.75) is 64.8 Å². The lowest BCUT2D eigenvalue weighted by molar-refractivity contribution is 0.108. The van der Waals surface area contributed by atoms with Crippen LogP contribution >= 0.6 is 0 Å². The minimum absolute atomic E-state index is 0.446. The Kier molecular flexibility index (Phi) is 7.82. The highest BCUT2D eigenvalue weighted by Crippen LogP contribution is 2.33. The molecule has 1 saturated carbocycles. The number of hydrazine groups is 1. The third-order valence-corrected chi connectivity index (χ3v) is 4.11. The highest BCUT2D eigenvalue weighted by atomic mass is 16.5. The second-order valence-corrected chi connectivity index (χ2v) is 5.38. The summed E-state index contributed by atoms with van der Waals surface area (Å²) in [5.41, 5.74) is 3.01. The summed E-state index contributed by atoms with van der Waals surface area (Å²) in [4.78, 5) is 0. The highest BCUT2D eigenvalue weighted by Gasteiger charge is 2.26. The predicted octanol–water partition coefficient (Wildman–Crippen LogP) is 2.85. The molecule has 0 aromatic carbocycles. The molecular weight excluding hydrogens is 212 g/mol. The number of hydrogen-bond donors (Lipinski definition) is 2. The van der Waals surface area contributed by atoms with Gasteiger partial charge in [-0.05, 0) is 37.5 Å². The lowest BCUT2D eigenvalue weighted by Crippen LogP contribution is -2.43. The van der Waals surface area contributed by atoms with Gasteiger partial charge >= 0.3 is 0 Å². The number of rotatable bonds is 8. The van der Waals surface area contributed by atoms with Crippen molar-refractivity contribution in [3.63, 3.8) is 0 Å². The molecule has 0 bridgehead atoms. The van der Waals surface area contributed by atoms with Gasteiger partial charge in [0.15, 0.2) is 0 Å². The van der Waals surface area contributed by atoms with Gasteiger partial charge in [-0.2, -0.15) is 0 Å². The normalized spacial score (nSPS) is 27.0. The summed E-state index contributed by atoms with van der Waals surface area (Å²) in [6.07, 6.45) is 8.94. The summed E-state index contributed by atoms with van der Waals surface area (Å²) in [6, 6.07) is 0.446. The van der Waals surface area contributed by atoms with Crippen molar-refractivity contribution in [3.8, 4) is 0 Å². The van der Waals surface area contributed by atoms with Gasteiger partial charge in [0.05, 0.1) is 0 Å². The topological polar surface area (TPSA) is 47.3 Å². The van der Waals surface area contributed by atoms with E-state index < -0.39 is 0 Å². The number of ether oxygens (including phenoxy) is 1. The molecule has 0 spiro atoms. The molecule has 0 heterocycles. The van der Waals surface area contributed by atoms with Crippen LogP contribution in [0.2, 0.25) is 0 Å². The molecule has 3 unspecified atom stereocenters. The maximum atomic E-state index is 5.70. The second-order valence-electron chi connectivity index (χ2n) is 5.38. The molecule has 0 aliphatic heterocycles. The SMILES string of the molecule is CCCOCCC(NN)C1CCCC(CC)C1. The van der Waals surface area contributed by atoms with E-state index in [4.69, 9.17) is 10.6 Å². The molecule has 3 heteroatoms. The van der Waals surface area contributed by atoms with Crippen LogP contribution in [-0.4, -0.2) is 19.3 Å². The number of nitrogens with two attached hydrogens (primary N) is 1. The first-order valence-electron chi connectivity index (χ1n) is 7.35. The largest absolute Gasteiger partial charge is 0.381 e. The van der Waals surface area contributed by atoms with Crippen LogP contribution in [0.3, 0.4) is 0 Å². The van der Waals surface area contributed by atoms with Crippen LogP contribution in [0, 0.1) is 11.8 Å². The Balaban J connectivity index is 2.27. The fourth-order valence-electron chi connectivity index (χ4n) is 2.98. The zero-order valence-corrected chi connectivity index (χ0v) is 11.6. The van der Waals surface area contributed by atoms with Crippen LogP contribution in [0.25, 0.3) is 0 Å². The lowest BCUT2D eigenvalue weighted by atomic mass is 9.76. The number of hydrogen-bond acceptors (Lipinski definition) is 3. The van der Waals surface area contributed by atoms with E-state index in [1.807, 2.05) is 0 Å². The smallest absolute Gasteiger partial charge is 0.0481 e. The van der Waals surface area contributed by atoms with Crippen LogP contribution in [-0.2, 0) is 4.74 Å². The van der Waals surface area contributed by atoms with Crippen LogP contribution in [0.4, 0.5) is 0 Å². The summed E-state index contributed by atoms with van der Waals surface area (Å²) in [5.74, 6) is 7.37. The first-order valence-corrected chi connectivity index (χ1v) is 7.35. The summed E-state index contributed by atoms with van der Waals surface area (Å²) < 4.78 is 5.56. The molecule has 3 atom stereocenters. The molecule has 0 radical (unpaired) electrons. The molecule has 1 aliphatic rings. The van der Waals surface area contributed by atoms with Gasteiger partial charge in [-0.15, -0.1) is 0 Å². The third kappa shape index (κ3) is 5.36. The van der Waals surface area contributed by atoms with Crippen molar-refractivity contribution in [1.29, 1.82) is 0 Å². The molecule has 17 heavy (non-hydrogen) atoms. The summed E-state index contributed by atoms with van der Waals surface area (Å²) in [6.45, 7) is 6.17. The maximum absolute atomic E-state index is 5.70. The minimum atomic E-state index is 0.446. The molecule has 0 aromatic heterocycles. The molecule has 0 saturated heterocycles. The lowest BCUT2D eigenvalue weighted by Gasteiger charge is -2.34. The van der Waals surface area contributed by atoms with Crippen LogP contribution in [0.1, 0.15) is 58.8 Å². The Morgan fingerprint density at radius 3 is 2.76 bits per heavy atom. The monoisotopic (exact) mass is 242 g/mol. The Labute approximate surface area is 106 Å². The van der Waals surface area contributed by atoms with E-state index in [0.717, 1.165) is 37.9 Å². The fraction of sp³-hybridized carbons (Fsp3) is 1.00. The molecule has 3 N–H and O–H groups in total. The molecule has 1 aliphatic carbocycles. The summed E-state index contributed by atoms with van der Waals surface area (Å²) in [7, 11) is 0. The van der Waals surface area contributed by atoms with Crippen molar-refractivity contribution in [2.75, 3.05) is 13.2 Å².